The minimum Gasteiger partial charge on any atom is -0.490 e. The number of aromatic nitrogens is 1. The minimum atomic E-state index is -0.513. The molecule has 4 rings (SSSR count). The maximum absolute atomic E-state index is 14.3. The third-order valence-corrected chi connectivity index (χ3v) is 8.33. The Labute approximate surface area is 271 Å². The van der Waals surface area contributed by atoms with Gasteiger partial charge in [-0.25, -0.2) is 0 Å². The third kappa shape index (κ3) is 9.61. The summed E-state index contributed by atoms with van der Waals surface area (Å²) < 4.78 is 12.7. The lowest BCUT2D eigenvalue weighted by Crippen LogP contribution is -2.48. The number of fused-ring (bicyclic) bond motifs is 1. The van der Waals surface area contributed by atoms with Crippen LogP contribution in [0.15, 0.2) is 73.1 Å². The van der Waals surface area contributed by atoms with Crippen molar-refractivity contribution in [2.75, 3.05) is 38.7 Å². The van der Waals surface area contributed by atoms with E-state index < -0.39 is 6.04 Å². The van der Waals surface area contributed by atoms with E-state index >= 15 is 0 Å². The lowest BCUT2D eigenvalue weighted by molar-refractivity contribution is -0.131. The molecule has 0 bridgehead atoms. The van der Waals surface area contributed by atoms with Gasteiger partial charge in [0.2, 0.25) is 5.91 Å². The Bertz CT molecular complexity index is 1440. The molecule has 10 nitrogen and oxygen atoms in total. The fourth-order valence-electron chi connectivity index (χ4n) is 5.45. The molecular weight excluding hydrogens is 584 g/mol. The van der Waals surface area contributed by atoms with Gasteiger partial charge in [0.25, 0.3) is 11.8 Å². The summed E-state index contributed by atoms with van der Waals surface area (Å²) in [5.74, 6) is -0.437. The largest absolute Gasteiger partial charge is 0.490 e. The van der Waals surface area contributed by atoms with Crippen molar-refractivity contribution in [3.05, 3.63) is 89.7 Å². The van der Waals surface area contributed by atoms with Crippen molar-refractivity contribution in [2.24, 2.45) is 5.92 Å². The summed E-state index contributed by atoms with van der Waals surface area (Å²) in [4.78, 5) is 47.6. The van der Waals surface area contributed by atoms with Crippen molar-refractivity contribution in [2.45, 2.75) is 64.7 Å². The molecule has 0 spiro atoms. The predicted octanol–water partition coefficient (Wildman–Crippen LogP) is 4.83. The zero-order valence-electron chi connectivity index (χ0n) is 27.2. The number of benzene rings is 2. The van der Waals surface area contributed by atoms with E-state index in [9.17, 15) is 19.5 Å². The molecule has 0 fully saturated rings. The highest BCUT2D eigenvalue weighted by molar-refractivity contribution is 6.05. The lowest BCUT2D eigenvalue weighted by Gasteiger charge is -2.36. The van der Waals surface area contributed by atoms with Crippen molar-refractivity contribution < 1.29 is 29.0 Å². The Morgan fingerprint density at radius 1 is 1.09 bits per heavy atom. The maximum atomic E-state index is 14.3. The average Bonchev–Trinajstić information content (AvgIpc) is 3.06. The third-order valence-electron chi connectivity index (χ3n) is 8.33. The number of nitrogens with one attached hydrogen (secondary N) is 1. The number of carbonyl (C=O) groups is 3. The summed E-state index contributed by atoms with van der Waals surface area (Å²) in [6.07, 6.45) is 5.30. The second kappa shape index (κ2) is 16.9. The van der Waals surface area contributed by atoms with Crippen LogP contribution in [0.25, 0.3) is 0 Å². The summed E-state index contributed by atoms with van der Waals surface area (Å²) in [6, 6.07) is 17.4. The van der Waals surface area contributed by atoms with Crippen LogP contribution in [0, 0.1) is 5.92 Å². The van der Waals surface area contributed by atoms with Crippen LogP contribution in [-0.2, 0) is 16.0 Å². The van der Waals surface area contributed by atoms with Crippen LogP contribution in [0.2, 0.25) is 0 Å². The van der Waals surface area contributed by atoms with Crippen molar-refractivity contribution in [1.29, 1.82) is 0 Å². The fourth-order valence-corrected chi connectivity index (χ4v) is 5.45. The molecule has 1 aromatic heterocycles. The molecule has 0 radical (unpaired) electrons. The van der Waals surface area contributed by atoms with Crippen molar-refractivity contribution in [3.8, 4) is 5.75 Å². The number of nitrogens with zero attached hydrogens (tertiary/aromatic N) is 3. The number of aliphatic hydroxyl groups is 1. The van der Waals surface area contributed by atoms with Gasteiger partial charge < -0.3 is 29.7 Å². The first-order valence-electron chi connectivity index (χ1n) is 16.0. The van der Waals surface area contributed by atoms with Crippen LogP contribution in [0.1, 0.15) is 66.3 Å². The van der Waals surface area contributed by atoms with Crippen LogP contribution >= 0.6 is 0 Å². The normalized spacial score (nSPS) is 20.1. The molecule has 0 aliphatic carbocycles. The molecule has 1 aliphatic heterocycles. The van der Waals surface area contributed by atoms with E-state index in [4.69, 9.17) is 9.47 Å². The standard InChI is InChI=1S/C36H46N4O6/c1-25-22-40(26(2)24-41)36(44)31-21-30(38-35(43)29-15-17-37-18-16-29)13-14-32(31)46-27(3)10-8-9-19-45-33(25)23-39(4)34(42)20-28-11-6-5-7-12-28/h5-7,11-18,21,25-27,33,41H,8-10,19-20,22-24H2,1-4H3,(H,38,43)/t25-,26+,27-,33+/m0/s1. The number of rotatable bonds is 8. The highest BCUT2D eigenvalue weighted by Crippen LogP contribution is 2.29. The number of ether oxygens (including phenoxy) is 2. The Hall–Kier alpha value is -4.28. The van der Waals surface area contributed by atoms with Gasteiger partial charge in [0.1, 0.15) is 5.75 Å². The molecule has 3 amide bonds. The first-order chi connectivity index (χ1) is 22.2. The molecule has 46 heavy (non-hydrogen) atoms. The van der Waals surface area contributed by atoms with Gasteiger partial charge in [-0.2, -0.15) is 0 Å². The predicted molar refractivity (Wildman–Crippen MR) is 177 cm³/mol. The number of likely N-dealkylation sites (N-methyl/N-ethyl adjacent to an activating group) is 1. The second-order valence-corrected chi connectivity index (χ2v) is 12.1. The number of anilines is 1. The summed E-state index contributed by atoms with van der Waals surface area (Å²) in [5, 5.41) is 13.1. The SMILES string of the molecule is C[C@H](CO)N1C[C@H](C)[C@@H](CN(C)C(=O)Cc2ccccc2)OCCCC[C@H](C)Oc2ccc(NC(=O)c3ccncc3)cc2C1=O. The number of hydrogen-bond donors (Lipinski definition) is 2. The molecule has 3 aromatic rings. The molecular formula is C36H46N4O6. The number of amides is 3. The van der Waals surface area contributed by atoms with Gasteiger partial charge in [-0.05, 0) is 69.0 Å². The number of aliphatic hydroxyl groups excluding tert-OH is 1. The average molecular weight is 631 g/mol. The topological polar surface area (TPSA) is 121 Å². The Kier molecular flexibility index (Phi) is 12.7. The maximum Gasteiger partial charge on any atom is 0.258 e. The monoisotopic (exact) mass is 630 g/mol. The number of hydrogen-bond acceptors (Lipinski definition) is 7. The zero-order chi connectivity index (χ0) is 33.1. The highest BCUT2D eigenvalue weighted by Gasteiger charge is 2.31. The Balaban J connectivity index is 1.60. The van der Waals surface area contributed by atoms with Crippen LogP contribution in [0.4, 0.5) is 5.69 Å². The minimum absolute atomic E-state index is 0.0145. The summed E-state index contributed by atoms with van der Waals surface area (Å²) in [7, 11) is 1.78. The first-order valence-corrected chi connectivity index (χ1v) is 16.0. The molecule has 0 unspecified atom stereocenters. The van der Waals surface area contributed by atoms with Gasteiger partial charge in [-0.15, -0.1) is 0 Å². The highest BCUT2D eigenvalue weighted by atomic mass is 16.5. The van der Waals surface area contributed by atoms with E-state index in [0.29, 0.717) is 36.6 Å². The second-order valence-electron chi connectivity index (χ2n) is 12.1. The molecule has 0 saturated carbocycles. The van der Waals surface area contributed by atoms with Gasteiger partial charge in [0.05, 0.1) is 36.8 Å². The molecule has 0 saturated heterocycles. The van der Waals surface area contributed by atoms with Crippen molar-refractivity contribution >= 4 is 23.4 Å². The smallest absolute Gasteiger partial charge is 0.258 e. The van der Waals surface area contributed by atoms with E-state index in [1.54, 1.807) is 66.5 Å². The molecule has 2 aromatic carbocycles. The number of pyridine rings is 1. The van der Waals surface area contributed by atoms with Crippen LogP contribution in [-0.4, -0.2) is 89.2 Å². The zero-order valence-corrected chi connectivity index (χ0v) is 27.2. The van der Waals surface area contributed by atoms with Gasteiger partial charge >= 0.3 is 0 Å². The summed E-state index contributed by atoms with van der Waals surface area (Å²) >= 11 is 0. The van der Waals surface area contributed by atoms with Crippen LogP contribution in [0.5, 0.6) is 5.75 Å². The van der Waals surface area contributed by atoms with E-state index in [-0.39, 0.29) is 54.6 Å². The fraction of sp³-hybridized carbons (Fsp3) is 0.444. The van der Waals surface area contributed by atoms with Crippen LogP contribution in [0.3, 0.4) is 0 Å². The van der Waals surface area contributed by atoms with Gasteiger partial charge in [0, 0.05) is 56.3 Å². The molecule has 2 N–H and O–H groups in total. The van der Waals surface area contributed by atoms with E-state index in [0.717, 1.165) is 24.8 Å². The Morgan fingerprint density at radius 3 is 2.54 bits per heavy atom. The summed E-state index contributed by atoms with van der Waals surface area (Å²) in [6.45, 7) is 6.66. The van der Waals surface area contributed by atoms with E-state index in [1.165, 1.54) is 0 Å². The van der Waals surface area contributed by atoms with Crippen molar-refractivity contribution in [1.82, 2.24) is 14.8 Å². The van der Waals surface area contributed by atoms with E-state index in [2.05, 4.69) is 10.3 Å². The van der Waals surface area contributed by atoms with Crippen molar-refractivity contribution in [3.63, 3.8) is 0 Å². The van der Waals surface area contributed by atoms with Gasteiger partial charge in [-0.1, -0.05) is 37.3 Å². The Morgan fingerprint density at radius 2 is 1.83 bits per heavy atom. The molecule has 2 heterocycles. The molecule has 246 valence electrons. The number of carbonyl (C=O) groups excluding carboxylic acids is 3. The lowest BCUT2D eigenvalue weighted by atomic mass is 10.0. The van der Waals surface area contributed by atoms with Gasteiger partial charge in [0.15, 0.2) is 0 Å². The van der Waals surface area contributed by atoms with E-state index in [1.807, 2.05) is 44.2 Å². The summed E-state index contributed by atoms with van der Waals surface area (Å²) in [5.41, 5.74) is 2.11. The quantitative estimate of drug-likeness (QED) is 0.366. The van der Waals surface area contributed by atoms with Gasteiger partial charge in [-0.3, -0.25) is 19.4 Å². The molecule has 4 atom stereocenters. The first kappa shape index (κ1) is 34.6. The molecule has 10 heteroatoms. The van der Waals surface area contributed by atoms with Crippen LogP contribution < -0.4 is 10.1 Å². The molecule has 1 aliphatic rings.